The molecule has 0 bridgehead atoms. The Balaban J connectivity index is -0.000000233. The Morgan fingerprint density at radius 1 is 1.16 bits per heavy atom. The summed E-state index contributed by atoms with van der Waals surface area (Å²) in [5.41, 5.74) is 5.92. The average molecular weight is 387 g/mol. The van der Waals surface area contributed by atoms with E-state index in [4.69, 9.17) is 21.1 Å². The van der Waals surface area contributed by atoms with Gasteiger partial charge in [0.15, 0.2) is 0 Å². The molecule has 104 valence electrons. The van der Waals surface area contributed by atoms with Crippen molar-refractivity contribution in [2.75, 3.05) is 6.61 Å². The van der Waals surface area contributed by atoms with E-state index in [1.54, 1.807) is 12.1 Å². The maximum Gasteiger partial charge on any atom is 1.00 e. The predicted molar refractivity (Wildman–Crippen MR) is 74.5 cm³/mol. The van der Waals surface area contributed by atoms with Crippen LogP contribution < -0.4 is 74.6 Å². The van der Waals surface area contributed by atoms with Crippen LogP contribution in [-0.2, 0) is 0 Å². The van der Waals surface area contributed by atoms with Crippen LogP contribution in [0.1, 0.15) is 24.6 Å². The van der Waals surface area contributed by atoms with Crippen molar-refractivity contribution in [2.24, 2.45) is 5.73 Å². The van der Waals surface area contributed by atoms with Crippen LogP contribution in [0, 0.1) is 6.92 Å². The van der Waals surface area contributed by atoms with Gasteiger partial charge >= 0.3 is 68.9 Å². The summed E-state index contributed by atoms with van der Waals surface area (Å²) in [7, 11) is 0. The molecule has 1 aromatic rings. The molecular weight excluding hydrogens is 363 g/mol. The number of aliphatic hydroxyl groups excluding tert-OH is 3. The van der Waals surface area contributed by atoms with Crippen LogP contribution in [0.15, 0.2) is 43.5 Å². The molecule has 0 heterocycles. The fourth-order valence-electron chi connectivity index (χ4n) is 0.944. The molecule has 0 aliphatic rings. The summed E-state index contributed by atoms with van der Waals surface area (Å²) in [6.45, 7) is 9.50. The Kier molecular flexibility index (Phi) is 24.7. The van der Waals surface area contributed by atoms with Crippen LogP contribution in [0.25, 0.3) is 0 Å². The van der Waals surface area contributed by atoms with Gasteiger partial charge in [0.2, 0.25) is 0 Å². The van der Waals surface area contributed by atoms with Crippen LogP contribution in [0.4, 0.5) is 0 Å². The SMILES string of the molecule is C=C.NC(O)c1ccccc1.[CH2-]CC(O)CCO.[Cs+]. The van der Waals surface area contributed by atoms with Gasteiger partial charge in [-0.3, -0.25) is 0 Å². The van der Waals surface area contributed by atoms with Crippen molar-refractivity contribution in [1.29, 1.82) is 0 Å². The zero-order chi connectivity index (χ0) is 14.4. The summed E-state index contributed by atoms with van der Waals surface area (Å²) in [5, 5.41) is 25.6. The van der Waals surface area contributed by atoms with Gasteiger partial charge in [-0.1, -0.05) is 30.3 Å². The summed E-state index contributed by atoms with van der Waals surface area (Å²) in [4.78, 5) is 0. The summed E-state index contributed by atoms with van der Waals surface area (Å²) >= 11 is 0. The van der Waals surface area contributed by atoms with Gasteiger partial charge in [-0.15, -0.1) is 13.2 Å². The minimum Gasteiger partial charge on any atom is -0.396 e. The smallest absolute Gasteiger partial charge is 0.396 e. The maximum absolute atomic E-state index is 8.80. The van der Waals surface area contributed by atoms with E-state index in [1.165, 1.54) is 0 Å². The van der Waals surface area contributed by atoms with E-state index in [9.17, 15) is 0 Å². The Morgan fingerprint density at radius 3 is 1.84 bits per heavy atom. The third-order valence-corrected chi connectivity index (χ3v) is 1.94. The van der Waals surface area contributed by atoms with Crippen molar-refractivity contribution in [3.8, 4) is 0 Å². The molecule has 0 aromatic heterocycles. The van der Waals surface area contributed by atoms with Crippen LogP contribution in [0.5, 0.6) is 0 Å². The summed E-state index contributed by atoms with van der Waals surface area (Å²) in [6, 6.07) is 9.12. The zero-order valence-corrected chi connectivity index (χ0v) is 18.0. The van der Waals surface area contributed by atoms with Crippen LogP contribution in [-0.4, -0.2) is 28.0 Å². The predicted octanol–water partition coefficient (Wildman–Crippen LogP) is -1.60. The first-order valence-electron chi connectivity index (χ1n) is 5.68. The molecule has 0 aliphatic heterocycles. The molecule has 0 aliphatic carbocycles. The molecule has 0 amide bonds. The maximum atomic E-state index is 8.80. The van der Waals surface area contributed by atoms with Crippen LogP contribution in [0.2, 0.25) is 0 Å². The Bertz CT molecular complexity index is 271. The molecule has 0 fully saturated rings. The van der Waals surface area contributed by atoms with Crippen molar-refractivity contribution in [3.63, 3.8) is 0 Å². The third-order valence-electron chi connectivity index (χ3n) is 1.94. The largest absolute Gasteiger partial charge is 1.00 e. The fourth-order valence-corrected chi connectivity index (χ4v) is 0.944. The van der Waals surface area contributed by atoms with E-state index >= 15 is 0 Å². The summed E-state index contributed by atoms with van der Waals surface area (Å²) in [5.74, 6) is 0. The molecule has 4 nitrogen and oxygen atoms in total. The van der Waals surface area contributed by atoms with Crippen LogP contribution >= 0.6 is 0 Å². The van der Waals surface area contributed by atoms with E-state index in [2.05, 4.69) is 20.1 Å². The third kappa shape index (κ3) is 16.8. The van der Waals surface area contributed by atoms with Crippen LogP contribution in [0.3, 0.4) is 0 Å². The molecule has 0 saturated carbocycles. The average Bonchev–Trinajstić information content (AvgIpc) is 2.43. The number of nitrogens with two attached hydrogens (primary N) is 1. The van der Waals surface area contributed by atoms with Gasteiger partial charge in [0.1, 0.15) is 6.23 Å². The number of benzene rings is 1. The van der Waals surface area contributed by atoms with Gasteiger partial charge in [0.25, 0.3) is 0 Å². The Labute approximate surface area is 175 Å². The van der Waals surface area contributed by atoms with E-state index in [0.29, 0.717) is 12.8 Å². The van der Waals surface area contributed by atoms with Crippen molar-refractivity contribution in [3.05, 3.63) is 56.0 Å². The topological polar surface area (TPSA) is 86.7 Å². The standard InChI is InChI=1S/C7H9NO.C5H11O2.C2H4.Cs/c8-7(9)6-4-2-1-3-5-6;1-2-5(7)3-4-6;1-2;/h1-5,7,9H,8H2;5-7H,1-4H2;1-2H2;/q;-1;;+1. The van der Waals surface area contributed by atoms with Gasteiger partial charge in [-0.25, -0.2) is 0 Å². The van der Waals surface area contributed by atoms with Gasteiger partial charge < -0.3 is 28.0 Å². The van der Waals surface area contributed by atoms with Crippen molar-refractivity contribution < 1.29 is 84.2 Å². The first kappa shape index (κ1) is 24.8. The van der Waals surface area contributed by atoms with Crippen molar-refractivity contribution in [2.45, 2.75) is 25.2 Å². The minimum atomic E-state index is -0.841. The van der Waals surface area contributed by atoms with Crippen molar-refractivity contribution in [1.82, 2.24) is 0 Å². The molecule has 0 saturated heterocycles. The van der Waals surface area contributed by atoms with Gasteiger partial charge in [-0.05, 0) is 12.0 Å². The first-order valence-corrected chi connectivity index (χ1v) is 5.68. The number of aliphatic hydroxyl groups is 3. The molecule has 2 atom stereocenters. The number of hydrogen-bond donors (Lipinski definition) is 4. The number of hydrogen-bond acceptors (Lipinski definition) is 4. The quantitative estimate of drug-likeness (QED) is 0.285. The second-order valence-electron chi connectivity index (χ2n) is 3.31. The minimum absolute atomic E-state index is 0. The molecule has 1 aromatic carbocycles. The fraction of sp³-hybridized carbons (Fsp3) is 0.357. The van der Waals surface area contributed by atoms with Gasteiger partial charge in [-0.2, -0.15) is 6.42 Å². The first-order chi connectivity index (χ1) is 8.61. The Hall–Kier alpha value is 0.852. The molecule has 1 rings (SSSR count). The van der Waals surface area contributed by atoms with Gasteiger partial charge in [0, 0.05) is 12.7 Å². The molecule has 2 unspecified atom stereocenters. The van der Waals surface area contributed by atoms with E-state index < -0.39 is 12.3 Å². The van der Waals surface area contributed by atoms with Crippen molar-refractivity contribution >= 4 is 0 Å². The second kappa shape index (κ2) is 18.9. The van der Waals surface area contributed by atoms with E-state index in [0.717, 1.165) is 5.56 Å². The molecule has 0 radical (unpaired) electrons. The van der Waals surface area contributed by atoms with Gasteiger partial charge in [0.05, 0.1) is 0 Å². The molecule has 19 heavy (non-hydrogen) atoms. The normalized spacial score (nSPS) is 11.6. The molecule has 5 heteroatoms. The molecule has 0 spiro atoms. The second-order valence-corrected chi connectivity index (χ2v) is 3.31. The van der Waals surface area contributed by atoms with E-state index in [-0.39, 0.29) is 75.5 Å². The monoisotopic (exact) mass is 387 g/mol. The number of rotatable bonds is 4. The summed E-state index contributed by atoms with van der Waals surface area (Å²) in [6.07, 6.45) is -0.319. The van der Waals surface area contributed by atoms with E-state index in [1.807, 2.05) is 18.2 Å². The zero-order valence-electron chi connectivity index (χ0n) is 11.7. The Morgan fingerprint density at radius 2 is 1.63 bits per heavy atom. The summed E-state index contributed by atoms with van der Waals surface area (Å²) < 4.78 is 0. The molecule has 5 N–H and O–H groups in total. The molecular formula is C14H24CsNO3.